The maximum Gasteiger partial charge on any atom is 0.310 e. The number of aromatic nitrogens is 9. The molecule has 0 saturated carbocycles. The molecule has 8 aromatic rings. The van der Waals surface area contributed by atoms with Gasteiger partial charge in [-0.05, 0) is 12.1 Å². The molecule has 0 aliphatic carbocycles. The number of nitrogens with zero attached hydrogens (tertiary/aromatic N) is 6. The van der Waals surface area contributed by atoms with Crippen LogP contribution in [0.25, 0.3) is 89.7 Å². The van der Waals surface area contributed by atoms with Crippen molar-refractivity contribution in [3.8, 4) is 45.6 Å². The Hall–Kier alpha value is -6.57. The molecule has 4 aromatic heterocycles. The van der Waals surface area contributed by atoms with E-state index in [1.807, 2.05) is 97.1 Å². The summed E-state index contributed by atoms with van der Waals surface area (Å²) in [5.41, 5.74) is 6.45. The van der Waals surface area contributed by atoms with Crippen molar-refractivity contribution >= 4 is 54.3 Å². The van der Waals surface area contributed by atoms with Crippen LogP contribution in [0.1, 0.15) is 0 Å². The van der Waals surface area contributed by atoms with Gasteiger partial charge in [0.2, 0.25) is 0 Å². The molecule has 13 heteroatoms. The Balaban J connectivity index is 0.000000317. The summed E-state index contributed by atoms with van der Waals surface area (Å²) in [6.07, 6.45) is 1.42. The highest BCUT2D eigenvalue weighted by Gasteiger charge is 2.21. The molecule has 0 atom stereocenters. The summed E-state index contributed by atoms with van der Waals surface area (Å²) in [6, 6.07) is 35.0. The first kappa shape index (κ1) is 28.6. The van der Waals surface area contributed by atoms with E-state index in [1.54, 1.807) is 0 Å². The summed E-state index contributed by atoms with van der Waals surface area (Å²) in [7, 11) is -4.02. The third-order valence-electron chi connectivity index (χ3n) is 8.31. The largest absolute Gasteiger partial charge is 0.350 e. The second-order valence-corrected chi connectivity index (χ2v) is 12.7. The molecule has 10 rings (SSSR count). The molecule has 49 heavy (non-hydrogen) atoms. The lowest BCUT2D eigenvalue weighted by molar-refractivity contribution is 0.480. The maximum atomic E-state index is 10.2. The predicted molar refractivity (Wildman–Crippen MR) is 187 cm³/mol. The summed E-state index contributed by atoms with van der Waals surface area (Å²) >= 11 is 0. The summed E-state index contributed by atoms with van der Waals surface area (Å²) in [6.45, 7) is 0. The molecule has 12 nitrogen and oxygen atoms in total. The summed E-state index contributed by atoms with van der Waals surface area (Å²) in [5.74, 6) is 2.39. The van der Waals surface area contributed by atoms with Crippen LogP contribution in [0.4, 0.5) is 0 Å². The van der Waals surface area contributed by atoms with Gasteiger partial charge in [-0.2, -0.15) is 8.42 Å². The maximum absolute atomic E-state index is 10.2. The van der Waals surface area contributed by atoms with Crippen LogP contribution < -0.4 is 0 Å². The second kappa shape index (κ2) is 11.0. The first-order chi connectivity index (χ1) is 23.9. The van der Waals surface area contributed by atoms with Gasteiger partial charge in [0.15, 0.2) is 28.3 Å². The van der Waals surface area contributed by atoms with Crippen molar-refractivity contribution in [3.63, 3.8) is 0 Å². The third kappa shape index (κ3) is 4.92. The van der Waals surface area contributed by atoms with Crippen molar-refractivity contribution in [2.24, 2.45) is 0 Å². The van der Waals surface area contributed by atoms with Crippen molar-refractivity contribution in [1.29, 1.82) is 0 Å². The molecule has 0 amide bonds. The zero-order valence-electron chi connectivity index (χ0n) is 25.3. The van der Waals surface area contributed by atoms with Gasteiger partial charge in [-0.15, -0.1) is 0 Å². The average Bonchev–Trinajstić information content (AvgIpc) is 3.95. The molecule has 0 radical (unpaired) electrons. The van der Waals surface area contributed by atoms with Crippen molar-refractivity contribution in [2.75, 3.05) is 0 Å². The van der Waals surface area contributed by atoms with E-state index in [4.69, 9.17) is 34.5 Å². The van der Waals surface area contributed by atoms with E-state index in [-0.39, 0.29) is 5.03 Å². The molecule has 236 valence electrons. The zero-order valence-corrected chi connectivity index (χ0v) is 26.1. The second-order valence-electron chi connectivity index (χ2n) is 11.3. The summed E-state index contributed by atoms with van der Waals surface area (Å²) in [5, 5.41) is 3.64. The number of rotatable bonds is 1. The Bertz CT molecular complexity index is 2560. The molecule has 6 heterocycles. The van der Waals surface area contributed by atoms with E-state index in [0.29, 0.717) is 45.9 Å². The highest BCUT2D eigenvalue weighted by molar-refractivity contribution is 7.85. The van der Waals surface area contributed by atoms with Crippen LogP contribution in [0.5, 0.6) is 0 Å². The number of hydrogen-bond acceptors (Lipinski definition) is 8. The predicted octanol–water partition coefficient (Wildman–Crippen LogP) is 7.13. The molecular weight excluding hydrogens is 639 g/mol. The monoisotopic (exact) mass is 661 g/mol. The lowest BCUT2D eigenvalue weighted by atomic mass is 10.1. The zero-order chi connectivity index (χ0) is 33.1. The first-order valence-electron chi connectivity index (χ1n) is 15.2. The van der Waals surface area contributed by atoms with Crippen molar-refractivity contribution in [2.45, 2.75) is 5.03 Å². The van der Waals surface area contributed by atoms with E-state index in [2.05, 4.69) is 15.0 Å². The fraction of sp³-hybridized carbons (Fsp3) is 0. The van der Waals surface area contributed by atoms with E-state index >= 15 is 0 Å². The van der Waals surface area contributed by atoms with Crippen LogP contribution in [-0.2, 0) is 10.1 Å². The van der Waals surface area contributed by atoms with Crippen molar-refractivity contribution < 1.29 is 13.0 Å². The van der Waals surface area contributed by atoms with Crippen molar-refractivity contribution in [3.05, 3.63) is 115 Å². The van der Waals surface area contributed by atoms with E-state index < -0.39 is 10.1 Å². The van der Waals surface area contributed by atoms with Crippen LogP contribution in [0.2, 0.25) is 0 Å². The molecule has 4 aromatic carbocycles. The van der Waals surface area contributed by atoms with Crippen LogP contribution in [0.3, 0.4) is 0 Å². The highest BCUT2D eigenvalue weighted by Crippen LogP contribution is 2.36. The minimum atomic E-state index is -4.02. The molecule has 8 bridgehead atoms. The SMILES string of the molecule is O=S(=O)(O)c1ccc[nH]1.c1ccc2c(c1)-c1nc-2nc2[nH]c(nc3nc(nc4[nH]c(n1)c1ccccc41)-c1ccccc1-3)c1ccccc21. The van der Waals surface area contributed by atoms with Gasteiger partial charge in [-0.1, -0.05) is 97.1 Å². The normalized spacial score (nSPS) is 11.9. The quantitative estimate of drug-likeness (QED) is 0.133. The number of benzene rings is 4. The Labute approximate surface area is 277 Å². The Morgan fingerprint density at radius 3 is 1.02 bits per heavy atom. The third-order valence-corrected chi connectivity index (χ3v) is 9.12. The minimum Gasteiger partial charge on any atom is -0.350 e. The fourth-order valence-electron chi connectivity index (χ4n) is 6.07. The topological polar surface area (TPSA) is 179 Å². The van der Waals surface area contributed by atoms with Crippen molar-refractivity contribution in [1.82, 2.24) is 44.9 Å². The first-order valence-corrected chi connectivity index (χ1v) is 16.6. The van der Waals surface area contributed by atoms with Crippen LogP contribution >= 0.6 is 0 Å². The van der Waals surface area contributed by atoms with Gasteiger partial charge >= 0.3 is 10.1 Å². The Kier molecular flexibility index (Phi) is 6.43. The van der Waals surface area contributed by atoms with E-state index in [9.17, 15) is 8.42 Å². The lowest BCUT2D eigenvalue weighted by Gasteiger charge is -1.96. The van der Waals surface area contributed by atoms with Gasteiger partial charge in [-0.3, -0.25) is 4.55 Å². The number of nitrogens with one attached hydrogen (secondary N) is 3. The molecule has 4 N–H and O–H groups in total. The van der Waals surface area contributed by atoms with Crippen LogP contribution in [-0.4, -0.2) is 57.8 Å². The molecule has 2 aliphatic rings. The molecule has 0 unspecified atom stereocenters. The van der Waals surface area contributed by atoms with Crippen LogP contribution in [0.15, 0.2) is 120 Å². The van der Waals surface area contributed by atoms with Gasteiger partial charge in [0, 0.05) is 50.0 Å². The molecule has 0 saturated heterocycles. The fourth-order valence-corrected chi connectivity index (χ4v) is 6.53. The van der Waals surface area contributed by atoms with Gasteiger partial charge in [0.05, 0.1) is 0 Å². The lowest BCUT2D eigenvalue weighted by Crippen LogP contribution is -1.96. The smallest absolute Gasteiger partial charge is 0.310 e. The molecule has 0 spiro atoms. The number of hydrogen-bond donors (Lipinski definition) is 4. The minimum absolute atomic E-state index is 0.178. The summed E-state index contributed by atoms with van der Waals surface area (Å²) < 4.78 is 28.8. The van der Waals surface area contributed by atoms with Crippen LogP contribution in [0, 0.1) is 0 Å². The molecular formula is C36H23N9O3S. The number of aromatic amines is 3. The Morgan fingerprint density at radius 2 is 0.755 bits per heavy atom. The van der Waals surface area contributed by atoms with Gasteiger partial charge < -0.3 is 15.0 Å². The number of fused-ring (bicyclic) bond motifs is 20. The highest BCUT2D eigenvalue weighted by atomic mass is 32.2. The van der Waals surface area contributed by atoms with E-state index in [1.165, 1.54) is 18.3 Å². The van der Waals surface area contributed by atoms with Gasteiger partial charge in [-0.25, -0.2) is 29.9 Å². The summed E-state index contributed by atoms with van der Waals surface area (Å²) in [4.78, 5) is 39.1. The standard InChI is InChI=1S/C32H18N8.C4H5NO3S/c1-2-10-18-17(9-1)25-33-26(18)38-28-21-13-5-6-14-22(21)30(35-28)40-32-24-16-8-7-15-23(24)31(36-32)39-29-20-12-4-3-11-19(20)27(34-29)37-25;6-9(7,8)4-2-1-3-5-4/h1-16H,(H2,33,34,35,36,37,38,39,40);1-3,5H,(H,6,7,8). The molecule has 0 fully saturated rings. The van der Waals surface area contributed by atoms with Gasteiger partial charge in [0.1, 0.15) is 22.6 Å². The Morgan fingerprint density at radius 1 is 0.429 bits per heavy atom. The average molecular weight is 662 g/mol. The van der Waals surface area contributed by atoms with E-state index in [0.717, 1.165) is 43.8 Å². The van der Waals surface area contributed by atoms with Gasteiger partial charge in [0.25, 0.3) is 0 Å². The molecule has 2 aliphatic heterocycles. The number of H-pyrrole nitrogens is 3.